The molecule has 20 heavy (non-hydrogen) atoms. The van der Waals surface area contributed by atoms with E-state index in [4.69, 9.17) is 10.00 Å². The number of ether oxygens (including phenoxy) is 1. The smallest absolute Gasteiger partial charge is 0.213 e. The topological polar surface area (TPSA) is 57.9 Å². The largest absolute Gasteiger partial charge is 0.478 e. The molecule has 1 N–H and O–H groups in total. The molecule has 1 heterocycles. The number of anilines is 2. The first-order valence-corrected chi connectivity index (χ1v) is 5.89. The minimum atomic E-state index is -1.17. The van der Waals surface area contributed by atoms with Crippen molar-refractivity contribution in [3.63, 3.8) is 0 Å². The first kappa shape index (κ1) is 13.7. The number of nitrogens with zero attached hydrogens (tertiary/aromatic N) is 2. The maximum absolute atomic E-state index is 13.7. The van der Waals surface area contributed by atoms with Crippen LogP contribution in [0.5, 0.6) is 5.88 Å². The predicted molar refractivity (Wildman–Crippen MR) is 69.8 cm³/mol. The third-order valence-corrected chi connectivity index (χ3v) is 2.51. The van der Waals surface area contributed by atoms with Gasteiger partial charge in [-0.2, -0.15) is 5.26 Å². The standard InChI is InChI=1S/C14H11F2N3O/c1-2-20-12-6-4-10(8-18-12)19-11-5-3-9(7-17)13(15)14(11)16/h3-6,8,19H,2H2,1H3. The quantitative estimate of drug-likeness (QED) is 0.929. The number of hydrogen-bond donors (Lipinski definition) is 1. The number of pyridine rings is 1. The third-order valence-electron chi connectivity index (χ3n) is 2.51. The monoisotopic (exact) mass is 275 g/mol. The van der Waals surface area contributed by atoms with Crippen LogP contribution in [0.3, 0.4) is 0 Å². The SMILES string of the molecule is CCOc1ccc(Nc2ccc(C#N)c(F)c2F)cn1. The lowest BCUT2D eigenvalue weighted by Gasteiger charge is -2.09. The second-order valence-corrected chi connectivity index (χ2v) is 3.84. The van der Waals surface area contributed by atoms with Crippen molar-refractivity contribution in [3.8, 4) is 11.9 Å². The normalized spacial score (nSPS) is 9.90. The molecule has 0 spiro atoms. The molecule has 0 aliphatic rings. The van der Waals surface area contributed by atoms with Crippen molar-refractivity contribution >= 4 is 11.4 Å². The van der Waals surface area contributed by atoms with Crippen molar-refractivity contribution in [2.75, 3.05) is 11.9 Å². The fourth-order valence-corrected chi connectivity index (χ4v) is 1.58. The predicted octanol–water partition coefficient (Wildman–Crippen LogP) is 3.37. The summed E-state index contributed by atoms with van der Waals surface area (Å²) in [5, 5.41) is 11.3. The lowest BCUT2D eigenvalue weighted by molar-refractivity contribution is 0.327. The zero-order chi connectivity index (χ0) is 14.5. The molecule has 0 amide bonds. The van der Waals surface area contributed by atoms with E-state index < -0.39 is 11.6 Å². The number of aromatic nitrogens is 1. The summed E-state index contributed by atoms with van der Waals surface area (Å²) in [5.74, 6) is -1.82. The van der Waals surface area contributed by atoms with Gasteiger partial charge >= 0.3 is 0 Å². The van der Waals surface area contributed by atoms with Gasteiger partial charge in [-0.3, -0.25) is 0 Å². The van der Waals surface area contributed by atoms with E-state index in [0.717, 1.165) is 0 Å². The van der Waals surface area contributed by atoms with Gasteiger partial charge in [-0.1, -0.05) is 0 Å². The molecule has 1 aromatic carbocycles. The van der Waals surface area contributed by atoms with Crippen molar-refractivity contribution in [1.82, 2.24) is 4.98 Å². The van der Waals surface area contributed by atoms with E-state index in [2.05, 4.69) is 10.3 Å². The number of rotatable bonds is 4. The van der Waals surface area contributed by atoms with Gasteiger partial charge in [-0.25, -0.2) is 13.8 Å². The molecule has 0 aliphatic carbocycles. The lowest BCUT2D eigenvalue weighted by atomic mass is 10.2. The Bertz CT molecular complexity index is 651. The van der Waals surface area contributed by atoms with Crippen molar-refractivity contribution in [1.29, 1.82) is 5.26 Å². The molecule has 0 fully saturated rings. The Kier molecular flexibility index (Phi) is 4.11. The van der Waals surface area contributed by atoms with Crippen LogP contribution in [0, 0.1) is 23.0 Å². The van der Waals surface area contributed by atoms with Crippen LogP contribution in [0.25, 0.3) is 0 Å². The summed E-state index contributed by atoms with van der Waals surface area (Å²) in [7, 11) is 0. The van der Waals surface area contributed by atoms with Crippen LogP contribution in [-0.2, 0) is 0 Å². The minimum Gasteiger partial charge on any atom is -0.478 e. The van der Waals surface area contributed by atoms with Gasteiger partial charge in [-0.15, -0.1) is 0 Å². The van der Waals surface area contributed by atoms with E-state index in [1.165, 1.54) is 18.3 Å². The summed E-state index contributed by atoms with van der Waals surface area (Å²) in [4.78, 5) is 4.00. The summed E-state index contributed by atoms with van der Waals surface area (Å²) < 4.78 is 32.3. The average molecular weight is 275 g/mol. The van der Waals surface area contributed by atoms with E-state index >= 15 is 0 Å². The third kappa shape index (κ3) is 2.83. The molecule has 2 aromatic rings. The molecule has 0 atom stereocenters. The second-order valence-electron chi connectivity index (χ2n) is 3.84. The molecule has 2 rings (SSSR count). The van der Waals surface area contributed by atoms with E-state index in [1.807, 2.05) is 6.92 Å². The molecular formula is C14H11F2N3O. The van der Waals surface area contributed by atoms with Crippen molar-refractivity contribution in [2.24, 2.45) is 0 Å². The molecule has 0 saturated carbocycles. The number of nitriles is 1. The summed E-state index contributed by atoms with van der Waals surface area (Å²) in [5.41, 5.74) is 0.0850. The van der Waals surface area contributed by atoms with Gasteiger partial charge in [0.25, 0.3) is 0 Å². The van der Waals surface area contributed by atoms with Gasteiger partial charge in [-0.05, 0) is 25.1 Å². The van der Waals surface area contributed by atoms with Gasteiger partial charge in [0.2, 0.25) is 5.88 Å². The Labute approximate surface area is 114 Å². The van der Waals surface area contributed by atoms with Gasteiger partial charge in [0, 0.05) is 6.07 Å². The molecular weight excluding hydrogens is 264 g/mol. The van der Waals surface area contributed by atoms with Crippen LogP contribution in [0.4, 0.5) is 20.2 Å². The highest BCUT2D eigenvalue weighted by atomic mass is 19.2. The zero-order valence-corrected chi connectivity index (χ0v) is 10.7. The first-order chi connectivity index (χ1) is 9.65. The summed E-state index contributed by atoms with van der Waals surface area (Å²) >= 11 is 0. The molecule has 4 nitrogen and oxygen atoms in total. The van der Waals surface area contributed by atoms with Gasteiger partial charge in [0.05, 0.1) is 29.7 Å². The van der Waals surface area contributed by atoms with Crippen molar-refractivity contribution < 1.29 is 13.5 Å². The van der Waals surface area contributed by atoms with Crippen molar-refractivity contribution in [2.45, 2.75) is 6.92 Å². The maximum Gasteiger partial charge on any atom is 0.213 e. The van der Waals surface area contributed by atoms with E-state index in [1.54, 1.807) is 18.2 Å². The second kappa shape index (κ2) is 5.97. The highest BCUT2D eigenvalue weighted by Crippen LogP contribution is 2.24. The lowest BCUT2D eigenvalue weighted by Crippen LogP contribution is -2.00. The molecule has 102 valence electrons. The number of nitrogens with one attached hydrogen (secondary N) is 1. The minimum absolute atomic E-state index is 0.0625. The highest BCUT2D eigenvalue weighted by molar-refractivity contribution is 5.61. The van der Waals surface area contributed by atoms with E-state index in [9.17, 15) is 8.78 Å². The molecule has 6 heteroatoms. The van der Waals surface area contributed by atoms with Crippen LogP contribution >= 0.6 is 0 Å². The van der Waals surface area contributed by atoms with Gasteiger partial charge in [0.15, 0.2) is 11.6 Å². The van der Waals surface area contributed by atoms with Gasteiger partial charge in [0.1, 0.15) is 6.07 Å². The maximum atomic E-state index is 13.7. The molecule has 0 bridgehead atoms. The Balaban J connectivity index is 2.22. The molecule has 0 unspecified atom stereocenters. The molecule has 1 aromatic heterocycles. The number of hydrogen-bond acceptors (Lipinski definition) is 4. The Morgan fingerprint density at radius 3 is 2.65 bits per heavy atom. The Hall–Kier alpha value is -2.68. The summed E-state index contributed by atoms with van der Waals surface area (Å²) in [6.45, 7) is 2.33. The van der Waals surface area contributed by atoms with Crippen LogP contribution in [0.2, 0.25) is 0 Å². The summed E-state index contributed by atoms with van der Waals surface area (Å²) in [6.07, 6.45) is 1.44. The Morgan fingerprint density at radius 1 is 1.25 bits per heavy atom. The summed E-state index contributed by atoms with van der Waals surface area (Å²) in [6, 6.07) is 7.33. The van der Waals surface area contributed by atoms with E-state index in [-0.39, 0.29) is 11.3 Å². The fraction of sp³-hybridized carbons (Fsp3) is 0.143. The highest BCUT2D eigenvalue weighted by Gasteiger charge is 2.13. The molecule has 0 aliphatic heterocycles. The van der Waals surface area contributed by atoms with E-state index in [0.29, 0.717) is 18.2 Å². The van der Waals surface area contributed by atoms with Crippen LogP contribution in [-0.4, -0.2) is 11.6 Å². The number of benzene rings is 1. The zero-order valence-electron chi connectivity index (χ0n) is 10.7. The Morgan fingerprint density at radius 2 is 2.05 bits per heavy atom. The van der Waals surface area contributed by atoms with Crippen LogP contribution in [0.1, 0.15) is 12.5 Å². The molecule has 0 radical (unpaired) electrons. The number of halogens is 2. The van der Waals surface area contributed by atoms with Crippen LogP contribution in [0.15, 0.2) is 30.5 Å². The average Bonchev–Trinajstić information content (AvgIpc) is 2.46. The van der Waals surface area contributed by atoms with Crippen molar-refractivity contribution in [3.05, 3.63) is 47.7 Å². The molecule has 0 saturated heterocycles. The van der Waals surface area contributed by atoms with Crippen LogP contribution < -0.4 is 10.1 Å². The van der Waals surface area contributed by atoms with Gasteiger partial charge < -0.3 is 10.1 Å². The first-order valence-electron chi connectivity index (χ1n) is 5.89. The fourth-order valence-electron chi connectivity index (χ4n) is 1.58.